The number of methoxy groups -OCH3 is 2. The normalized spacial score (nSPS) is 16.9. The fraction of sp³-hybridized carbons (Fsp3) is 0.625. The third-order valence-corrected chi connectivity index (χ3v) is 3.57. The standard InChI is InChI=1S/C16H25NO4/c1-4-8-17-12(11-15-20-9-10-21-15)16-13(18-2)6-5-7-14(16)19-3/h5-7,12,15,17H,4,8-11H2,1-3H3. The molecule has 0 bridgehead atoms. The monoisotopic (exact) mass is 295 g/mol. The maximum Gasteiger partial charge on any atom is 0.159 e. The highest BCUT2D eigenvalue weighted by molar-refractivity contribution is 5.47. The lowest BCUT2D eigenvalue weighted by Crippen LogP contribution is -2.27. The number of hydrogen-bond donors (Lipinski definition) is 1. The van der Waals surface area contributed by atoms with Crippen LogP contribution in [0.4, 0.5) is 0 Å². The molecule has 1 aromatic carbocycles. The molecule has 0 spiro atoms. The summed E-state index contributed by atoms with van der Waals surface area (Å²) in [5.74, 6) is 1.64. The van der Waals surface area contributed by atoms with E-state index in [0.29, 0.717) is 13.2 Å². The lowest BCUT2D eigenvalue weighted by molar-refractivity contribution is -0.0532. The number of rotatable bonds is 8. The Hall–Kier alpha value is -1.30. The molecule has 0 aliphatic carbocycles. The fourth-order valence-electron chi connectivity index (χ4n) is 2.58. The van der Waals surface area contributed by atoms with Crippen LogP contribution in [0.25, 0.3) is 0 Å². The van der Waals surface area contributed by atoms with Crippen molar-refractivity contribution >= 4 is 0 Å². The van der Waals surface area contributed by atoms with E-state index in [1.807, 2.05) is 18.2 Å². The molecule has 21 heavy (non-hydrogen) atoms. The second kappa shape index (κ2) is 8.22. The first-order valence-electron chi connectivity index (χ1n) is 7.47. The van der Waals surface area contributed by atoms with E-state index in [1.54, 1.807) is 14.2 Å². The van der Waals surface area contributed by atoms with Gasteiger partial charge in [-0.05, 0) is 25.1 Å². The summed E-state index contributed by atoms with van der Waals surface area (Å²) in [7, 11) is 3.36. The molecule has 0 saturated carbocycles. The van der Waals surface area contributed by atoms with Crippen LogP contribution in [0.5, 0.6) is 11.5 Å². The van der Waals surface area contributed by atoms with Crippen molar-refractivity contribution in [2.24, 2.45) is 0 Å². The number of hydrogen-bond acceptors (Lipinski definition) is 5. The van der Waals surface area contributed by atoms with Crippen LogP contribution in [-0.2, 0) is 9.47 Å². The van der Waals surface area contributed by atoms with E-state index in [0.717, 1.165) is 36.4 Å². The van der Waals surface area contributed by atoms with Crippen LogP contribution >= 0.6 is 0 Å². The van der Waals surface area contributed by atoms with Crippen molar-refractivity contribution in [3.63, 3.8) is 0 Å². The zero-order chi connectivity index (χ0) is 15.1. The molecule has 5 nitrogen and oxygen atoms in total. The third kappa shape index (κ3) is 4.09. The molecular formula is C16H25NO4. The molecule has 2 rings (SSSR count). The highest BCUT2D eigenvalue weighted by Crippen LogP contribution is 2.36. The molecule has 1 aromatic rings. The van der Waals surface area contributed by atoms with Crippen molar-refractivity contribution in [1.29, 1.82) is 0 Å². The molecule has 1 atom stereocenters. The van der Waals surface area contributed by atoms with Crippen LogP contribution in [0.15, 0.2) is 18.2 Å². The van der Waals surface area contributed by atoms with E-state index in [9.17, 15) is 0 Å². The zero-order valence-electron chi connectivity index (χ0n) is 13.1. The molecule has 5 heteroatoms. The van der Waals surface area contributed by atoms with Crippen LogP contribution in [0.2, 0.25) is 0 Å². The lowest BCUT2D eigenvalue weighted by atomic mass is 10.0. The molecule has 0 radical (unpaired) electrons. The molecular weight excluding hydrogens is 270 g/mol. The van der Waals surface area contributed by atoms with E-state index in [1.165, 1.54) is 0 Å². The van der Waals surface area contributed by atoms with Crippen molar-refractivity contribution in [3.05, 3.63) is 23.8 Å². The Morgan fingerprint density at radius 3 is 2.33 bits per heavy atom. The summed E-state index contributed by atoms with van der Waals surface area (Å²) in [4.78, 5) is 0. The molecule has 1 unspecified atom stereocenters. The van der Waals surface area contributed by atoms with Gasteiger partial charge in [-0.3, -0.25) is 0 Å². The van der Waals surface area contributed by atoms with Gasteiger partial charge in [-0.25, -0.2) is 0 Å². The molecule has 1 heterocycles. The number of ether oxygens (including phenoxy) is 4. The maximum atomic E-state index is 5.59. The Labute approximate surface area is 126 Å². The highest BCUT2D eigenvalue weighted by atomic mass is 16.7. The fourth-order valence-corrected chi connectivity index (χ4v) is 2.58. The van der Waals surface area contributed by atoms with E-state index < -0.39 is 0 Å². The molecule has 1 aliphatic rings. The van der Waals surface area contributed by atoms with Crippen molar-refractivity contribution < 1.29 is 18.9 Å². The first-order valence-corrected chi connectivity index (χ1v) is 7.47. The van der Waals surface area contributed by atoms with Gasteiger partial charge in [-0.2, -0.15) is 0 Å². The second-order valence-electron chi connectivity index (χ2n) is 4.99. The van der Waals surface area contributed by atoms with Gasteiger partial charge in [-0.15, -0.1) is 0 Å². The van der Waals surface area contributed by atoms with E-state index in [2.05, 4.69) is 12.2 Å². The molecule has 0 amide bonds. The van der Waals surface area contributed by atoms with Crippen LogP contribution in [0.1, 0.15) is 31.4 Å². The van der Waals surface area contributed by atoms with Gasteiger partial charge in [0.25, 0.3) is 0 Å². The Balaban J connectivity index is 2.25. The van der Waals surface area contributed by atoms with Crippen LogP contribution in [0.3, 0.4) is 0 Å². The molecule has 118 valence electrons. The Bertz CT molecular complexity index is 410. The number of benzene rings is 1. The first kappa shape index (κ1) is 16.1. The van der Waals surface area contributed by atoms with Gasteiger partial charge < -0.3 is 24.3 Å². The maximum absolute atomic E-state index is 5.59. The topological polar surface area (TPSA) is 49.0 Å². The largest absolute Gasteiger partial charge is 0.496 e. The number of nitrogens with one attached hydrogen (secondary N) is 1. The van der Waals surface area contributed by atoms with Crippen molar-refractivity contribution in [1.82, 2.24) is 5.32 Å². The van der Waals surface area contributed by atoms with Gasteiger partial charge in [-0.1, -0.05) is 13.0 Å². The first-order chi connectivity index (χ1) is 10.3. The minimum Gasteiger partial charge on any atom is -0.496 e. The quantitative estimate of drug-likeness (QED) is 0.798. The molecule has 1 saturated heterocycles. The summed E-state index contributed by atoms with van der Waals surface area (Å²) >= 11 is 0. The summed E-state index contributed by atoms with van der Waals surface area (Å²) in [6.45, 7) is 4.38. The Morgan fingerprint density at radius 2 is 1.81 bits per heavy atom. The van der Waals surface area contributed by atoms with Gasteiger partial charge in [0.1, 0.15) is 11.5 Å². The van der Waals surface area contributed by atoms with Crippen LogP contribution < -0.4 is 14.8 Å². The van der Waals surface area contributed by atoms with Gasteiger partial charge in [0, 0.05) is 12.5 Å². The van der Waals surface area contributed by atoms with Gasteiger partial charge in [0.05, 0.1) is 33.0 Å². The van der Waals surface area contributed by atoms with E-state index in [-0.39, 0.29) is 12.3 Å². The summed E-state index contributed by atoms with van der Waals surface area (Å²) in [6.07, 6.45) is 1.62. The summed E-state index contributed by atoms with van der Waals surface area (Å²) in [5, 5.41) is 3.54. The predicted octanol–water partition coefficient (Wildman–Crippen LogP) is 2.51. The second-order valence-corrected chi connectivity index (χ2v) is 4.99. The van der Waals surface area contributed by atoms with Gasteiger partial charge in [0.15, 0.2) is 6.29 Å². The average molecular weight is 295 g/mol. The van der Waals surface area contributed by atoms with Crippen LogP contribution in [-0.4, -0.2) is 40.3 Å². The molecule has 0 aromatic heterocycles. The predicted molar refractivity (Wildman–Crippen MR) is 80.9 cm³/mol. The molecule has 1 fully saturated rings. The lowest BCUT2D eigenvalue weighted by Gasteiger charge is -2.25. The SMILES string of the molecule is CCCNC(CC1OCCO1)c1c(OC)cccc1OC. The highest BCUT2D eigenvalue weighted by Gasteiger charge is 2.26. The van der Waals surface area contributed by atoms with Gasteiger partial charge in [0.2, 0.25) is 0 Å². The molecule has 1 N–H and O–H groups in total. The Kier molecular flexibility index (Phi) is 6.29. The van der Waals surface area contributed by atoms with Crippen LogP contribution in [0, 0.1) is 0 Å². The average Bonchev–Trinajstić information content (AvgIpc) is 3.03. The third-order valence-electron chi connectivity index (χ3n) is 3.57. The van der Waals surface area contributed by atoms with Gasteiger partial charge >= 0.3 is 0 Å². The van der Waals surface area contributed by atoms with Crippen molar-refractivity contribution in [2.75, 3.05) is 34.0 Å². The summed E-state index contributed by atoms with van der Waals surface area (Å²) in [5.41, 5.74) is 1.02. The summed E-state index contributed by atoms with van der Waals surface area (Å²) < 4.78 is 22.2. The van der Waals surface area contributed by atoms with Crippen molar-refractivity contribution in [2.45, 2.75) is 32.1 Å². The molecule has 1 aliphatic heterocycles. The minimum atomic E-state index is -0.172. The van der Waals surface area contributed by atoms with E-state index >= 15 is 0 Å². The van der Waals surface area contributed by atoms with E-state index in [4.69, 9.17) is 18.9 Å². The smallest absolute Gasteiger partial charge is 0.159 e. The Morgan fingerprint density at radius 1 is 1.19 bits per heavy atom. The zero-order valence-corrected chi connectivity index (χ0v) is 13.1. The minimum absolute atomic E-state index is 0.0687. The van der Waals surface area contributed by atoms with Crippen molar-refractivity contribution in [3.8, 4) is 11.5 Å². The summed E-state index contributed by atoms with van der Waals surface area (Å²) in [6, 6.07) is 5.91.